The Labute approximate surface area is 471 Å². The van der Waals surface area contributed by atoms with E-state index in [1.54, 1.807) is 47.1 Å². The van der Waals surface area contributed by atoms with Crippen molar-refractivity contribution in [1.82, 2.24) is 51.9 Å². The molecule has 0 bridgehead atoms. The molecule has 0 radical (unpaired) electrons. The quantitative estimate of drug-likeness (QED) is 0.0196. The second kappa shape index (κ2) is 38.1. The van der Waals surface area contributed by atoms with Crippen LogP contribution < -0.4 is 48.7 Å². The molecule has 0 spiro atoms. The molecule has 1 fully saturated rings. The van der Waals surface area contributed by atoms with Gasteiger partial charge in [0.1, 0.15) is 24.2 Å². The first kappa shape index (κ1) is 69.4. The molecule has 7 atom stereocenters. The standard InChI is InChI=1S/C52H85N13O16/c1-4-35(29-57-41(66)17-15-38(49(77)78)61-52(81)62-39(50(79)80)16-18-43(68)69)27-33(2)46(74)60-40(28-36-12-6-5-7-13-36)48(76)59-37(14-10-20-56-51(53)54)47(75)58-34(3)11-8-9-19-55-42(67)30-63-21-23-64(31-44(70)71)25-26-65(24-22-63)32-45(72)73/h5-7,12-13,33-35,37-40H,4,8-11,14-32H2,1-3H3,(H,55,67)(H,57,66)(H,58,75)(H,59,76)(H,60,74)(H,68,69)(H,70,71)(H,72,73)(H,77,78)(H,79,80)(H4,53,54,56)(H2,61,62,81)/t33?,34-,35?,37+,38?,39?,40+/m1/s1. The zero-order valence-electron chi connectivity index (χ0n) is 46.6. The fraction of sp³-hybridized carbons (Fsp3) is 0.654. The van der Waals surface area contributed by atoms with Crippen molar-refractivity contribution in [2.75, 3.05) is 78.5 Å². The SMILES string of the molecule is CCC(CNC(=O)CCC(NC(=O)NC(CCC(=O)O)C(=O)O)C(=O)O)CC(C)C(=O)N[C@@H](Cc1ccccc1)C(=O)N[C@@H](CCCN=C(N)N)C(=O)N[C@H](C)CCCCNC(=O)CN1CCN(CC(=O)O)CCN(CC(=O)O)CC1. The maximum Gasteiger partial charge on any atom is 0.326 e. The number of carbonyl (C=O) groups excluding carboxylic acids is 6. The highest BCUT2D eigenvalue weighted by atomic mass is 16.4. The molecule has 16 N–H and O–H groups in total. The van der Waals surface area contributed by atoms with Gasteiger partial charge < -0.3 is 74.2 Å². The first-order valence-corrected chi connectivity index (χ1v) is 27.2. The Morgan fingerprint density at radius 3 is 1.62 bits per heavy atom. The van der Waals surface area contributed by atoms with E-state index >= 15 is 0 Å². The number of guanidine groups is 1. The lowest BCUT2D eigenvalue weighted by atomic mass is 9.92. The third-order valence-corrected chi connectivity index (χ3v) is 13.4. The van der Waals surface area contributed by atoms with Crippen molar-refractivity contribution in [3.05, 3.63) is 35.9 Å². The van der Waals surface area contributed by atoms with Crippen LogP contribution in [-0.2, 0) is 54.4 Å². The topological polar surface area (TPSA) is 447 Å². The van der Waals surface area contributed by atoms with Crippen LogP contribution in [-0.4, -0.2) is 220 Å². The number of hydrogen-bond acceptors (Lipinski definition) is 15. The Morgan fingerprint density at radius 2 is 1.10 bits per heavy atom. The number of benzene rings is 1. The van der Waals surface area contributed by atoms with Gasteiger partial charge in [0.05, 0.1) is 19.6 Å². The van der Waals surface area contributed by atoms with E-state index < -0.39 is 102 Å². The number of urea groups is 1. The molecular weight excluding hydrogens is 1060 g/mol. The predicted molar refractivity (Wildman–Crippen MR) is 294 cm³/mol. The molecule has 2 rings (SSSR count). The van der Waals surface area contributed by atoms with Crippen molar-refractivity contribution in [1.29, 1.82) is 0 Å². The van der Waals surface area contributed by atoms with Crippen LogP contribution in [0.15, 0.2) is 35.3 Å². The second-order valence-corrected chi connectivity index (χ2v) is 20.2. The summed E-state index contributed by atoms with van der Waals surface area (Å²) in [6, 6.07) is 2.01. The average molecular weight is 1150 g/mol. The maximum atomic E-state index is 14.2. The molecule has 454 valence electrons. The minimum Gasteiger partial charge on any atom is -0.481 e. The monoisotopic (exact) mass is 1150 g/mol. The minimum atomic E-state index is -1.60. The highest BCUT2D eigenvalue weighted by molar-refractivity contribution is 5.93. The lowest BCUT2D eigenvalue weighted by Crippen LogP contribution is -2.55. The molecule has 0 aromatic heterocycles. The van der Waals surface area contributed by atoms with Gasteiger partial charge in [0, 0.05) is 90.1 Å². The Morgan fingerprint density at radius 1 is 0.568 bits per heavy atom. The Bertz CT molecular complexity index is 2230. The normalized spacial score (nSPS) is 15.8. The summed E-state index contributed by atoms with van der Waals surface area (Å²) >= 11 is 0. The van der Waals surface area contributed by atoms with Gasteiger partial charge in [-0.1, -0.05) is 50.6 Å². The number of aliphatic imine (C=N–C) groups is 1. The minimum absolute atomic E-state index is 0.0396. The van der Waals surface area contributed by atoms with Crippen molar-refractivity contribution in [2.45, 2.75) is 128 Å². The van der Waals surface area contributed by atoms with Gasteiger partial charge in [-0.25, -0.2) is 14.4 Å². The van der Waals surface area contributed by atoms with Crippen LogP contribution in [0.4, 0.5) is 4.79 Å². The van der Waals surface area contributed by atoms with E-state index in [9.17, 15) is 73.2 Å². The van der Waals surface area contributed by atoms with Gasteiger partial charge >= 0.3 is 35.9 Å². The Hall–Kier alpha value is -7.66. The molecule has 29 nitrogen and oxygen atoms in total. The van der Waals surface area contributed by atoms with Gasteiger partial charge in [-0.3, -0.25) is 58.0 Å². The van der Waals surface area contributed by atoms with Gasteiger partial charge in [-0.05, 0) is 69.8 Å². The molecule has 1 aliphatic rings. The summed E-state index contributed by atoms with van der Waals surface area (Å²) in [6.45, 7) is 7.94. The summed E-state index contributed by atoms with van der Waals surface area (Å²) in [4.78, 5) is 146. The third kappa shape index (κ3) is 31.1. The molecule has 1 saturated heterocycles. The van der Waals surface area contributed by atoms with Crippen molar-refractivity contribution >= 4 is 71.4 Å². The lowest BCUT2D eigenvalue weighted by Gasteiger charge is -2.26. The smallest absolute Gasteiger partial charge is 0.326 e. The molecule has 4 unspecified atom stereocenters. The van der Waals surface area contributed by atoms with Crippen LogP contribution in [0.1, 0.15) is 97.0 Å². The van der Waals surface area contributed by atoms with Gasteiger partial charge in [0.2, 0.25) is 29.5 Å². The summed E-state index contributed by atoms with van der Waals surface area (Å²) in [5.74, 6) is -9.78. The molecule has 1 aromatic carbocycles. The first-order valence-electron chi connectivity index (χ1n) is 27.2. The molecule has 0 saturated carbocycles. The van der Waals surface area contributed by atoms with Crippen LogP contribution in [0.5, 0.6) is 0 Å². The molecule has 81 heavy (non-hydrogen) atoms. The summed E-state index contributed by atoms with van der Waals surface area (Å²) in [6.07, 6.45) is 1.28. The number of carboxylic acid groups (broad SMARTS) is 5. The average Bonchev–Trinajstić information content (AvgIpc) is 3.48. The number of aliphatic carboxylic acids is 5. The molecule has 7 amide bonds. The molecular formula is C52H85N13O16. The number of unbranched alkanes of at least 4 members (excludes halogenated alkanes) is 1. The van der Waals surface area contributed by atoms with Crippen LogP contribution in [0.2, 0.25) is 0 Å². The number of carbonyl (C=O) groups is 11. The zero-order chi connectivity index (χ0) is 60.4. The number of hydrogen-bond donors (Lipinski definition) is 14. The van der Waals surface area contributed by atoms with E-state index in [1.807, 2.05) is 24.1 Å². The second-order valence-electron chi connectivity index (χ2n) is 20.2. The fourth-order valence-electron chi connectivity index (χ4n) is 8.70. The first-order chi connectivity index (χ1) is 38.3. The number of carboxylic acids is 5. The van der Waals surface area contributed by atoms with Crippen molar-refractivity contribution < 1.29 is 78.3 Å². The Balaban J connectivity index is 2.03. The van der Waals surface area contributed by atoms with E-state index in [-0.39, 0.29) is 88.7 Å². The van der Waals surface area contributed by atoms with Crippen LogP contribution in [0.3, 0.4) is 0 Å². The van der Waals surface area contributed by atoms with Crippen LogP contribution >= 0.6 is 0 Å². The number of nitrogens with zero attached hydrogens (tertiary/aromatic N) is 4. The van der Waals surface area contributed by atoms with Gasteiger partial charge in [0.25, 0.3) is 0 Å². The highest BCUT2D eigenvalue weighted by Crippen LogP contribution is 2.17. The Kier molecular flexibility index (Phi) is 32.6. The molecule has 1 aromatic rings. The largest absolute Gasteiger partial charge is 0.481 e. The van der Waals surface area contributed by atoms with E-state index in [0.717, 1.165) is 5.56 Å². The summed E-state index contributed by atoms with van der Waals surface area (Å²) in [5.41, 5.74) is 11.8. The summed E-state index contributed by atoms with van der Waals surface area (Å²) in [5, 5.41) is 64.9. The number of amides is 7. The maximum absolute atomic E-state index is 14.2. The third-order valence-electron chi connectivity index (χ3n) is 13.4. The van der Waals surface area contributed by atoms with E-state index in [4.69, 9.17) is 16.6 Å². The number of rotatable bonds is 38. The van der Waals surface area contributed by atoms with E-state index in [0.29, 0.717) is 77.9 Å². The van der Waals surface area contributed by atoms with Gasteiger partial charge in [-0.2, -0.15) is 0 Å². The zero-order valence-corrected chi connectivity index (χ0v) is 46.6. The lowest BCUT2D eigenvalue weighted by molar-refractivity contribution is -0.141. The molecule has 1 aliphatic heterocycles. The van der Waals surface area contributed by atoms with E-state index in [2.05, 4.69) is 36.9 Å². The summed E-state index contributed by atoms with van der Waals surface area (Å²) < 4.78 is 0. The molecule has 0 aliphatic carbocycles. The van der Waals surface area contributed by atoms with Crippen LogP contribution in [0, 0.1) is 11.8 Å². The van der Waals surface area contributed by atoms with Gasteiger partial charge in [-0.15, -0.1) is 0 Å². The highest BCUT2D eigenvalue weighted by Gasteiger charge is 2.31. The van der Waals surface area contributed by atoms with Crippen molar-refractivity contribution in [2.24, 2.45) is 28.3 Å². The van der Waals surface area contributed by atoms with Crippen molar-refractivity contribution in [3.63, 3.8) is 0 Å². The van der Waals surface area contributed by atoms with Crippen LogP contribution in [0.25, 0.3) is 0 Å². The fourth-order valence-corrected chi connectivity index (χ4v) is 8.70. The van der Waals surface area contributed by atoms with E-state index in [1.165, 1.54) is 0 Å². The molecule has 1 heterocycles. The summed E-state index contributed by atoms with van der Waals surface area (Å²) in [7, 11) is 0. The predicted octanol–water partition coefficient (Wildman–Crippen LogP) is -1.85. The number of nitrogens with one attached hydrogen (secondary N) is 7. The number of nitrogens with two attached hydrogens (primary N) is 2. The molecule has 29 heteroatoms. The van der Waals surface area contributed by atoms with Gasteiger partial charge in [0.15, 0.2) is 5.96 Å². The van der Waals surface area contributed by atoms with Crippen molar-refractivity contribution in [3.8, 4) is 0 Å².